The van der Waals surface area contributed by atoms with Crippen LogP contribution in [0.15, 0.2) is 53.8 Å². The van der Waals surface area contributed by atoms with E-state index in [-0.39, 0.29) is 5.78 Å². The number of nitrogens with zero attached hydrogens (tertiary/aromatic N) is 2. The van der Waals surface area contributed by atoms with Gasteiger partial charge in [0.2, 0.25) is 0 Å². The molecule has 1 aliphatic rings. The highest BCUT2D eigenvalue weighted by Gasteiger charge is 2.24. The van der Waals surface area contributed by atoms with Gasteiger partial charge < -0.3 is 4.90 Å². The molecule has 0 N–H and O–H groups in total. The molecule has 1 fully saturated rings. The summed E-state index contributed by atoms with van der Waals surface area (Å²) in [6.07, 6.45) is 5.50. The molecule has 3 rings (SSSR count). The van der Waals surface area contributed by atoms with Crippen LogP contribution in [0.5, 0.6) is 0 Å². The van der Waals surface area contributed by atoms with Crippen LogP contribution in [0.3, 0.4) is 0 Å². The van der Waals surface area contributed by atoms with E-state index < -0.39 is 0 Å². The number of carbonyl (C=O) groups is 1. The Morgan fingerprint density at radius 3 is 2.32 bits per heavy atom. The average molecular weight is 391 g/mol. The first-order valence-electron chi connectivity index (χ1n) is 8.02. The number of aromatic nitrogens is 1. The van der Waals surface area contributed by atoms with Crippen molar-refractivity contribution in [2.75, 3.05) is 30.9 Å². The summed E-state index contributed by atoms with van der Waals surface area (Å²) >= 11 is 9.57. The Morgan fingerprint density at radius 1 is 1.08 bits per heavy atom. The third kappa shape index (κ3) is 4.40. The molecule has 1 aromatic carbocycles. The van der Waals surface area contributed by atoms with E-state index in [1.807, 2.05) is 30.2 Å². The minimum atomic E-state index is 0.0189. The lowest BCUT2D eigenvalue weighted by atomic mass is 9.98. The predicted octanol–water partition coefficient (Wildman–Crippen LogP) is 4.70. The maximum absolute atomic E-state index is 13.3. The minimum Gasteiger partial charge on any atom is -0.364 e. The standard InChI is InChI=1S/C19H19ClN2OS2/c1-24-19(22-10-12-25-13-11-22)17(14-6-8-21-9-7-14)18(23)15-2-4-16(20)5-3-15/h2-9H,10-13H2,1H3/b19-17-. The van der Waals surface area contributed by atoms with E-state index in [0.29, 0.717) is 10.6 Å². The van der Waals surface area contributed by atoms with E-state index in [2.05, 4.69) is 9.88 Å². The number of ketones is 1. The molecule has 0 saturated carbocycles. The van der Waals surface area contributed by atoms with Crippen molar-refractivity contribution in [1.82, 2.24) is 9.88 Å². The van der Waals surface area contributed by atoms with Crippen molar-refractivity contribution in [2.24, 2.45) is 0 Å². The van der Waals surface area contributed by atoms with E-state index in [0.717, 1.165) is 40.8 Å². The molecule has 6 heteroatoms. The van der Waals surface area contributed by atoms with Gasteiger partial charge in [0.1, 0.15) is 0 Å². The van der Waals surface area contributed by atoms with Crippen molar-refractivity contribution in [3.05, 3.63) is 70.0 Å². The van der Waals surface area contributed by atoms with Crippen LogP contribution in [0.4, 0.5) is 0 Å². The van der Waals surface area contributed by atoms with Crippen molar-refractivity contribution >= 4 is 46.5 Å². The van der Waals surface area contributed by atoms with Gasteiger partial charge in [-0.1, -0.05) is 11.6 Å². The van der Waals surface area contributed by atoms with Crippen LogP contribution in [0.25, 0.3) is 5.57 Å². The zero-order valence-electron chi connectivity index (χ0n) is 13.9. The van der Waals surface area contributed by atoms with E-state index in [4.69, 9.17) is 11.6 Å². The molecular formula is C19H19ClN2OS2. The summed E-state index contributed by atoms with van der Waals surface area (Å²) in [6, 6.07) is 10.9. The van der Waals surface area contributed by atoms with E-state index in [9.17, 15) is 4.79 Å². The fraction of sp³-hybridized carbons (Fsp3) is 0.263. The summed E-state index contributed by atoms with van der Waals surface area (Å²) in [6.45, 7) is 1.92. The highest BCUT2D eigenvalue weighted by Crippen LogP contribution is 2.32. The molecule has 0 spiro atoms. The SMILES string of the molecule is CS/C(=C(\C(=O)c1ccc(Cl)cc1)c1ccncc1)N1CCSCC1. The summed E-state index contributed by atoms with van der Waals surface area (Å²) in [5.41, 5.74) is 2.29. The molecule has 0 aliphatic carbocycles. The van der Waals surface area contributed by atoms with Crippen LogP contribution in [-0.2, 0) is 0 Å². The molecule has 1 aliphatic heterocycles. The zero-order valence-corrected chi connectivity index (χ0v) is 16.3. The Bertz CT molecular complexity index is 757. The van der Waals surface area contributed by atoms with Crippen LogP contribution in [0, 0.1) is 0 Å². The van der Waals surface area contributed by atoms with Gasteiger partial charge in [-0.05, 0) is 48.2 Å². The van der Waals surface area contributed by atoms with Gasteiger partial charge in [0.15, 0.2) is 5.78 Å². The Balaban J connectivity index is 2.09. The van der Waals surface area contributed by atoms with Crippen LogP contribution in [0.2, 0.25) is 5.02 Å². The van der Waals surface area contributed by atoms with E-state index in [1.165, 1.54) is 0 Å². The first-order valence-corrected chi connectivity index (χ1v) is 10.8. The normalized spacial score (nSPS) is 15.7. The van der Waals surface area contributed by atoms with Gasteiger partial charge >= 0.3 is 0 Å². The minimum absolute atomic E-state index is 0.0189. The molecule has 3 nitrogen and oxygen atoms in total. The molecule has 0 unspecified atom stereocenters. The number of halogens is 1. The van der Waals surface area contributed by atoms with Gasteiger partial charge in [-0.2, -0.15) is 11.8 Å². The average Bonchev–Trinajstić information content (AvgIpc) is 2.67. The van der Waals surface area contributed by atoms with E-state index >= 15 is 0 Å². The molecule has 2 heterocycles. The van der Waals surface area contributed by atoms with Crippen LogP contribution in [-0.4, -0.2) is 46.5 Å². The molecule has 25 heavy (non-hydrogen) atoms. The number of thioether (sulfide) groups is 2. The van der Waals surface area contributed by atoms with Crippen molar-refractivity contribution in [3.8, 4) is 0 Å². The topological polar surface area (TPSA) is 33.2 Å². The highest BCUT2D eigenvalue weighted by molar-refractivity contribution is 8.02. The maximum atomic E-state index is 13.3. The molecule has 0 amide bonds. The van der Waals surface area contributed by atoms with Gasteiger partial charge in [-0.3, -0.25) is 9.78 Å². The number of allylic oxidation sites excluding steroid dienone is 1. The largest absolute Gasteiger partial charge is 0.364 e. The predicted molar refractivity (Wildman–Crippen MR) is 109 cm³/mol. The molecule has 0 radical (unpaired) electrons. The summed E-state index contributed by atoms with van der Waals surface area (Å²) < 4.78 is 0. The third-order valence-corrected chi connectivity index (χ3v) is 6.05. The second-order valence-electron chi connectivity index (χ2n) is 5.56. The maximum Gasteiger partial charge on any atom is 0.196 e. The molecule has 2 aromatic rings. The Hall–Kier alpha value is -1.43. The van der Waals surface area contributed by atoms with E-state index in [1.54, 1.807) is 48.4 Å². The molecular weight excluding hydrogens is 372 g/mol. The summed E-state index contributed by atoms with van der Waals surface area (Å²) in [5.74, 6) is 2.19. The van der Waals surface area contributed by atoms with Crippen molar-refractivity contribution in [1.29, 1.82) is 0 Å². The van der Waals surface area contributed by atoms with Crippen LogP contribution >= 0.6 is 35.1 Å². The lowest BCUT2D eigenvalue weighted by Gasteiger charge is -2.31. The second-order valence-corrected chi connectivity index (χ2v) is 8.01. The van der Waals surface area contributed by atoms with Gasteiger partial charge in [0.05, 0.1) is 10.6 Å². The molecule has 1 saturated heterocycles. The number of rotatable bonds is 5. The quantitative estimate of drug-likeness (QED) is 0.546. The molecule has 130 valence electrons. The number of benzene rings is 1. The smallest absolute Gasteiger partial charge is 0.196 e. The molecule has 0 atom stereocenters. The first-order chi connectivity index (χ1) is 12.2. The number of pyridine rings is 1. The number of hydrogen-bond acceptors (Lipinski definition) is 5. The Labute approximate surface area is 161 Å². The van der Waals surface area contributed by atoms with Crippen LogP contribution < -0.4 is 0 Å². The number of carbonyl (C=O) groups excluding carboxylic acids is 1. The first kappa shape index (κ1) is 18.4. The van der Waals surface area contributed by atoms with Gasteiger partial charge in [-0.15, -0.1) is 11.8 Å². The summed E-state index contributed by atoms with van der Waals surface area (Å²) in [4.78, 5) is 19.8. The van der Waals surface area contributed by atoms with Gasteiger partial charge in [0.25, 0.3) is 0 Å². The fourth-order valence-corrected chi connectivity index (χ4v) is 4.66. The van der Waals surface area contributed by atoms with Crippen molar-refractivity contribution < 1.29 is 4.79 Å². The number of Topliss-reactive ketones (excluding diaryl/α,β-unsaturated/α-hetero) is 1. The lowest BCUT2D eigenvalue weighted by molar-refractivity contribution is 0.105. The Morgan fingerprint density at radius 2 is 1.72 bits per heavy atom. The molecule has 1 aromatic heterocycles. The van der Waals surface area contributed by atoms with Gasteiger partial charge in [-0.25, -0.2) is 0 Å². The van der Waals surface area contributed by atoms with Crippen molar-refractivity contribution in [2.45, 2.75) is 0 Å². The highest BCUT2D eigenvalue weighted by atomic mass is 35.5. The van der Waals surface area contributed by atoms with Crippen LogP contribution in [0.1, 0.15) is 15.9 Å². The number of hydrogen-bond donors (Lipinski definition) is 0. The Kier molecular flexibility index (Phi) is 6.45. The third-order valence-electron chi connectivity index (χ3n) is 4.01. The van der Waals surface area contributed by atoms with Crippen molar-refractivity contribution in [3.63, 3.8) is 0 Å². The second kappa shape index (κ2) is 8.79. The molecule has 0 bridgehead atoms. The van der Waals surface area contributed by atoms with Gasteiger partial charge in [0, 0.05) is 47.6 Å². The fourth-order valence-electron chi connectivity index (χ4n) is 2.77. The zero-order chi connectivity index (χ0) is 17.6. The lowest BCUT2D eigenvalue weighted by Crippen LogP contribution is -2.32. The summed E-state index contributed by atoms with van der Waals surface area (Å²) in [5, 5.41) is 1.66. The summed E-state index contributed by atoms with van der Waals surface area (Å²) in [7, 11) is 0. The monoisotopic (exact) mass is 390 g/mol.